The van der Waals surface area contributed by atoms with Crippen LogP contribution in [-0.2, 0) is 16.4 Å². The molecule has 0 radical (unpaired) electrons. The molecule has 1 N–H and O–H groups in total. The van der Waals surface area contributed by atoms with Gasteiger partial charge < -0.3 is 4.90 Å². The summed E-state index contributed by atoms with van der Waals surface area (Å²) >= 11 is 0. The van der Waals surface area contributed by atoms with Crippen molar-refractivity contribution in [3.63, 3.8) is 0 Å². The van der Waals surface area contributed by atoms with Crippen LogP contribution >= 0.6 is 0 Å². The number of hydrogen-bond donors (Lipinski definition) is 1. The third kappa shape index (κ3) is 4.71. The van der Waals surface area contributed by atoms with Crippen LogP contribution in [0.25, 0.3) is 0 Å². The molecule has 22 heavy (non-hydrogen) atoms. The molecule has 2 rings (SSSR count). The van der Waals surface area contributed by atoms with Crippen LogP contribution in [0.1, 0.15) is 50.2 Å². The Bertz CT molecular complexity index is 593. The van der Waals surface area contributed by atoms with Gasteiger partial charge in [0.15, 0.2) is 0 Å². The minimum Gasteiger partial charge on any atom is -0.303 e. The van der Waals surface area contributed by atoms with E-state index in [1.807, 2.05) is 12.1 Å². The lowest BCUT2D eigenvalue weighted by Crippen LogP contribution is -2.29. The minimum absolute atomic E-state index is 0.523. The van der Waals surface area contributed by atoms with Gasteiger partial charge in [0.05, 0.1) is 6.26 Å². The highest BCUT2D eigenvalue weighted by Gasteiger charge is 2.24. The van der Waals surface area contributed by atoms with Crippen molar-refractivity contribution in [2.24, 2.45) is 0 Å². The molecule has 1 atom stereocenters. The molecule has 4 nitrogen and oxygen atoms in total. The fourth-order valence-corrected chi connectivity index (χ4v) is 3.95. The molecule has 0 amide bonds. The summed E-state index contributed by atoms with van der Waals surface area (Å²) in [6.07, 6.45) is 5.82. The van der Waals surface area contributed by atoms with Crippen LogP contribution in [-0.4, -0.2) is 39.2 Å². The smallest absolute Gasteiger partial charge is 0.229 e. The lowest BCUT2D eigenvalue weighted by atomic mass is 10.00. The maximum absolute atomic E-state index is 11.4. The van der Waals surface area contributed by atoms with Gasteiger partial charge in [-0.2, -0.15) is 0 Å². The number of benzene rings is 1. The Morgan fingerprint density at radius 1 is 1.23 bits per heavy atom. The summed E-state index contributed by atoms with van der Waals surface area (Å²) in [5.74, 6) is 0.523. The largest absolute Gasteiger partial charge is 0.303 e. The zero-order valence-corrected chi connectivity index (χ0v) is 14.7. The van der Waals surface area contributed by atoms with Crippen LogP contribution in [0.2, 0.25) is 0 Å². The standard InChI is InChI=1S/C17H28N2O2S/c1-4-10-19(11-5-2)13-15-7-6-14-8-9-16(12-17(14)15)18-22(3,20)21/h8-9,12,15,18H,4-7,10-11,13H2,1-3H3. The summed E-state index contributed by atoms with van der Waals surface area (Å²) in [5.41, 5.74) is 3.38. The Morgan fingerprint density at radius 2 is 1.91 bits per heavy atom. The first-order valence-electron chi connectivity index (χ1n) is 8.26. The Labute approximate surface area is 135 Å². The number of anilines is 1. The summed E-state index contributed by atoms with van der Waals surface area (Å²) in [7, 11) is -3.21. The molecule has 0 aliphatic heterocycles. The number of nitrogens with zero attached hydrogens (tertiary/aromatic N) is 1. The normalized spacial score (nSPS) is 17.7. The predicted octanol–water partition coefficient (Wildman–Crippen LogP) is 3.21. The van der Waals surface area contributed by atoms with Gasteiger partial charge in [0, 0.05) is 12.2 Å². The number of aryl methyl sites for hydroxylation is 1. The highest BCUT2D eigenvalue weighted by atomic mass is 32.2. The van der Waals surface area contributed by atoms with Crippen LogP contribution < -0.4 is 4.72 Å². The van der Waals surface area contributed by atoms with E-state index in [0.29, 0.717) is 11.6 Å². The molecule has 1 aromatic rings. The molecular weight excluding hydrogens is 296 g/mol. The number of fused-ring (bicyclic) bond motifs is 1. The van der Waals surface area contributed by atoms with E-state index < -0.39 is 10.0 Å². The molecule has 5 heteroatoms. The van der Waals surface area contributed by atoms with Crippen molar-refractivity contribution in [1.29, 1.82) is 0 Å². The first-order valence-corrected chi connectivity index (χ1v) is 10.1. The summed E-state index contributed by atoms with van der Waals surface area (Å²) in [4.78, 5) is 2.54. The lowest BCUT2D eigenvalue weighted by Gasteiger charge is -2.25. The average molecular weight is 324 g/mol. The number of rotatable bonds is 8. The quantitative estimate of drug-likeness (QED) is 0.799. The number of sulfonamides is 1. The summed E-state index contributed by atoms with van der Waals surface area (Å²) in [6.45, 7) is 7.80. The highest BCUT2D eigenvalue weighted by molar-refractivity contribution is 7.92. The van der Waals surface area contributed by atoms with E-state index >= 15 is 0 Å². The van der Waals surface area contributed by atoms with Crippen molar-refractivity contribution >= 4 is 15.7 Å². The second-order valence-electron chi connectivity index (χ2n) is 6.32. The third-order valence-corrected chi connectivity index (χ3v) is 4.82. The monoisotopic (exact) mass is 324 g/mol. The van der Waals surface area contributed by atoms with Gasteiger partial charge in [-0.1, -0.05) is 19.9 Å². The predicted molar refractivity (Wildman–Crippen MR) is 93.0 cm³/mol. The Balaban J connectivity index is 2.14. The lowest BCUT2D eigenvalue weighted by molar-refractivity contribution is 0.256. The molecule has 0 heterocycles. The molecule has 1 unspecified atom stereocenters. The molecule has 124 valence electrons. The Kier molecular flexibility index (Phi) is 5.87. The van der Waals surface area contributed by atoms with Gasteiger partial charge in [0.1, 0.15) is 0 Å². The van der Waals surface area contributed by atoms with Crippen LogP contribution in [0, 0.1) is 0 Å². The highest BCUT2D eigenvalue weighted by Crippen LogP contribution is 2.35. The summed E-state index contributed by atoms with van der Waals surface area (Å²) in [6, 6.07) is 5.98. The Hall–Kier alpha value is -1.07. The SMILES string of the molecule is CCCN(CCC)CC1CCc2ccc(NS(C)(=O)=O)cc21. The fourth-order valence-electron chi connectivity index (χ4n) is 3.39. The average Bonchev–Trinajstić information content (AvgIpc) is 2.80. The molecule has 1 aromatic carbocycles. The van der Waals surface area contributed by atoms with Crippen LogP contribution in [0.4, 0.5) is 5.69 Å². The van der Waals surface area contributed by atoms with Crippen molar-refractivity contribution in [2.45, 2.75) is 45.4 Å². The molecular formula is C17H28N2O2S. The van der Waals surface area contributed by atoms with Crippen molar-refractivity contribution in [3.05, 3.63) is 29.3 Å². The van der Waals surface area contributed by atoms with Crippen molar-refractivity contribution in [1.82, 2.24) is 4.90 Å². The molecule has 0 spiro atoms. The van der Waals surface area contributed by atoms with Gasteiger partial charge in [-0.05, 0) is 68.0 Å². The molecule has 0 saturated carbocycles. The third-order valence-electron chi connectivity index (χ3n) is 4.21. The second-order valence-corrected chi connectivity index (χ2v) is 8.07. The van der Waals surface area contributed by atoms with Crippen LogP contribution in [0.3, 0.4) is 0 Å². The molecule has 1 aliphatic rings. The molecule has 0 fully saturated rings. The molecule has 0 bridgehead atoms. The van der Waals surface area contributed by atoms with E-state index in [1.165, 1.54) is 36.6 Å². The first kappa shape index (κ1) is 17.3. The summed E-state index contributed by atoms with van der Waals surface area (Å²) < 4.78 is 25.4. The maximum Gasteiger partial charge on any atom is 0.229 e. The minimum atomic E-state index is -3.21. The number of nitrogens with one attached hydrogen (secondary N) is 1. The van der Waals surface area contributed by atoms with Crippen molar-refractivity contribution in [3.8, 4) is 0 Å². The van der Waals surface area contributed by atoms with Gasteiger partial charge in [0.2, 0.25) is 10.0 Å². The van der Waals surface area contributed by atoms with E-state index in [1.54, 1.807) is 0 Å². The zero-order chi connectivity index (χ0) is 16.2. The van der Waals surface area contributed by atoms with Gasteiger partial charge >= 0.3 is 0 Å². The van der Waals surface area contributed by atoms with Gasteiger partial charge in [-0.25, -0.2) is 8.42 Å². The topological polar surface area (TPSA) is 49.4 Å². The van der Waals surface area contributed by atoms with E-state index in [2.05, 4.69) is 29.5 Å². The Morgan fingerprint density at radius 3 is 2.50 bits per heavy atom. The molecule has 1 aliphatic carbocycles. The fraction of sp³-hybridized carbons (Fsp3) is 0.647. The van der Waals surface area contributed by atoms with Gasteiger partial charge in [-0.3, -0.25) is 4.72 Å². The van der Waals surface area contributed by atoms with Crippen molar-refractivity contribution in [2.75, 3.05) is 30.6 Å². The van der Waals surface area contributed by atoms with Crippen LogP contribution in [0.15, 0.2) is 18.2 Å². The van der Waals surface area contributed by atoms with Crippen LogP contribution in [0.5, 0.6) is 0 Å². The van der Waals surface area contributed by atoms with E-state index in [-0.39, 0.29) is 0 Å². The number of hydrogen-bond acceptors (Lipinski definition) is 3. The second kappa shape index (κ2) is 7.47. The van der Waals surface area contributed by atoms with Gasteiger partial charge in [-0.15, -0.1) is 0 Å². The maximum atomic E-state index is 11.4. The molecule has 0 saturated heterocycles. The summed E-state index contributed by atoms with van der Waals surface area (Å²) in [5, 5.41) is 0. The van der Waals surface area contributed by atoms with E-state index in [9.17, 15) is 8.42 Å². The first-order chi connectivity index (χ1) is 10.4. The van der Waals surface area contributed by atoms with E-state index in [4.69, 9.17) is 0 Å². The zero-order valence-electron chi connectivity index (χ0n) is 13.9. The van der Waals surface area contributed by atoms with Crippen molar-refractivity contribution < 1.29 is 8.42 Å². The molecule has 0 aromatic heterocycles. The van der Waals surface area contributed by atoms with Gasteiger partial charge in [0.25, 0.3) is 0 Å². The van der Waals surface area contributed by atoms with E-state index in [0.717, 1.165) is 26.1 Å².